The molecule has 186 valence electrons. The van der Waals surface area contributed by atoms with Crippen LogP contribution in [0.1, 0.15) is 88.0 Å². The van der Waals surface area contributed by atoms with E-state index in [-0.39, 0.29) is 34.9 Å². The van der Waals surface area contributed by atoms with Gasteiger partial charge in [-0.25, -0.2) is 4.79 Å². The average molecular weight is 453 g/mol. The second kappa shape index (κ2) is 9.88. The normalized spacial score (nSPS) is 26.5. The molecule has 32 heavy (non-hydrogen) atoms. The molecule has 7 heteroatoms. The third kappa shape index (κ3) is 7.08. The van der Waals surface area contributed by atoms with Gasteiger partial charge in [0.05, 0.1) is 0 Å². The fourth-order valence-electron chi connectivity index (χ4n) is 4.71. The van der Waals surface area contributed by atoms with Crippen molar-refractivity contribution in [2.75, 3.05) is 19.6 Å². The van der Waals surface area contributed by atoms with Gasteiger partial charge in [-0.15, -0.1) is 0 Å². The molecular formula is C25H48N4O3. The molecule has 0 saturated carbocycles. The maximum atomic E-state index is 13.3. The number of amides is 3. The zero-order chi connectivity index (χ0) is 24.5. The highest BCUT2D eigenvalue weighted by atomic mass is 16.3. The lowest BCUT2D eigenvalue weighted by molar-refractivity contribution is -0.136. The SMILES string of the molecule is CC1CCCN1C(=O)C(NC(=O)NC(CN1CCC(C)(C)CC1O)C(C)(C)C)C(C)(C)C. The maximum absolute atomic E-state index is 13.3. The van der Waals surface area contributed by atoms with Crippen LogP contribution in [0.3, 0.4) is 0 Å². The molecule has 2 heterocycles. The summed E-state index contributed by atoms with van der Waals surface area (Å²) in [5, 5.41) is 16.8. The summed E-state index contributed by atoms with van der Waals surface area (Å²) in [6.45, 7) is 20.8. The number of aliphatic hydroxyl groups is 1. The largest absolute Gasteiger partial charge is 0.378 e. The Labute approximate surface area is 195 Å². The number of rotatable bonds is 5. The van der Waals surface area contributed by atoms with Gasteiger partial charge >= 0.3 is 6.03 Å². The number of hydrogen-bond acceptors (Lipinski definition) is 4. The van der Waals surface area contributed by atoms with E-state index in [4.69, 9.17) is 0 Å². The van der Waals surface area contributed by atoms with Crippen LogP contribution in [0.4, 0.5) is 4.79 Å². The zero-order valence-electron chi connectivity index (χ0n) is 21.9. The van der Waals surface area contributed by atoms with Crippen molar-refractivity contribution >= 4 is 11.9 Å². The van der Waals surface area contributed by atoms with Crippen molar-refractivity contribution in [3.63, 3.8) is 0 Å². The number of likely N-dealkylation sites (tertiary alicyclic amines) is 2. The van der Waals surface area contributed by atoms with Gasteiger partial charge in [0.25, 0.3) is 0 Å². The minimum Gasteiger partial charge on any atom is -0.378 e. The Morgan fingerprint density at radius 1 is 1.06 bits per heavy atom. The van der Waals surface area contributed by atoms with Gasteiger partial charge in [0.2, 0.25) is 5.91 Å². The summed E-state index contributed by atoms with van der Waals surface area (Å²) in [7, 11) is 0. The first-order valence-electron chi connectivity index (χ1n) is 12.3. The first-order chi connectivity index (χ1) is 14.5. The highest BCUT2D eigenvalue weighted by Crippen LogP contribution is 2.34. The van der Waals surface area contributed by atoms with E-state index in [0.717, 1.165) is 38.8 Å². The van der Waals surface area contributed by atoms with Crippen molar-refractivity contribution in [2.24, 2.45) is 16.2 Å². The second-order valence-electron chi connectivity index (χ2n) is 13.0. The number of carbonyl (C=O) groups excluding carboxylic acids is 2. The molecule has 0 spiro atoms. The molecule has 0 aliphatic carbocycles. The van der Waals surface area contributed by atoms with E-state index in [0.29, 0.717) is 6.54 Å². The quantitative estimate of drug-likeness (QED) is 0.595. The van der Waals surface area contributed by atoms with Crippen molar-refractivity contribution in [3.8, 4) is 0 Å². The lowest BCUT2D eigenvalue weighted by Crippen LogP contribution is -2.61. The Bertz CT molecular complexity index is 665. The number of piperidine rings is 1. The number of aliphatic hydroxyl groups excluding tert-OH is 1. The summed E-state index contributed by atoms with van der Waals surface area (Å²) in [6.07, 6.45) is 3.26. The van der Waals surface area contributed by atoms with Crippen molar-refractivity contribution in [1.29, 1.82) is 0 Å². The molecule has 0 radical (unpaired) electrons. The van der Waals surface area contributed by atoms with Crippen LogP contribution in [-0.2, 0) is 4.79 Å². The monoisotopic (exact) mass is 452 g/mol. The number of urea groups is 1. The Balaban J connectivity index is 2.08. The number of nitrogens with zero attached hydrogens (tertiary/aromatic N) is 2. The molecule has 2 rings (SSSR count). The number of hydrogen-bond donors (Lipinski definition) is 3. The molecule has 0 aromatic heterocycles. The third-order valence-electron chi connectivity index (χ3n) is 7.22. The van der Waals surface area contributed by atoms with Gasteiger partial charge in [0.15, 0.2) is 0 Å². The van der Waals surface area contributed by atoms with Gasteiger partial charge in [-0.1, -0.05) is 55.4 Å². The Morgan fingerprint density at radius 3 is 2.16 bits per heavy atom. The van der Waals surface area contributed by atoms with Crippen LogP contribution in [0.2, 0.25) is 0 Å². The van der Waals surface area contributed by atoms with E-state index in [2.05, 4.69) is 57.1 Å². The fraction of sp³-hybridized carbons (Fsp3) is 0.920. The minimum atomic E-state index is -0.593. The molecule has 3 N–H and O–H groups in total. The molecule has 3 amide bonds. The molecular weight excluding hydrogens is 404 g/mol. The first-order valence-corrected chi connectivity index (χ1v) is 12.3. The second-order valence-corrected chi connectivity index (χ2v) is 13.0. The summed E-state index contributed by atoms with van der Waals surface area (Å²) in [5.74, 6) is -0.00126. The van der Waals surface area contributed by atoms with E-state index in [1.54, 1.807) is 0 Å². The lowest BCUT2D eigenvalue weighted by Gasteiger charge is -2.44. The number of nitrogens with one attached hydrogen (secondary N) is 2. The molecule has 2 aliphatic heterocycles. The molecule has 2 aliphatic rings. The predicted molar refractivity (Wildman–Crippen MR) is 129 cm³/mol. The van der Waals surface area contributed by atoms with Gasteiger partial charge in [0, 0.05) is 31.7 Å². The van der Waals surface area contributed by atoms with Gasteiger partial charge < -0.3 is 20.6 Å². The van der Waals surface area contributed by atoms with Crippen LogP contribution in [0.15, 0.2) is 0 Å². The van der Waals surface area contributed by atoms with E-state index < -0.39 is 17.7 Å². The van der Waals surface area contributed by atoms with Gasteiger partial charge in [-0.05, 0) is 48.9 Å². The van der Waals surface area contributed by atoms with E-state index in [1.165, 1.54) is 0 Å². The van der Waals surface area contributed by atoms with Gasteiger partial charge in [0.1, 0.15) is 12.3 Å². The van der Waals surface area contributed by atoms with Gasteiger partial charge in [-0.2, -0.15) is 0 Å². The molecule has 2 saturated heterocycles. The van der Waals surface area contributed by atoms with E-state index in [9.17, 15) is 14.7 Å². The first kappa shape index (κ1) is 26.9. The summed E-state index contributed by atoms with van der Waals surface area (Å²) in [5.41, 5.74) is -0.470. The Hall–Kier alpha value is -1.34. The number of carbonyl (C=O) groups is 2. The van der Waals surface area contributed by atoms with Crippen molar-refractivity contribution in [3.05, 3.63) is 0 Å². The molecule has 0 aromatic carbocycles. The highest BCUT2D eigenvalue weighted by Gasteiger charge is 2.40. The van der Waals surface area contributed by atoms with Crippen LogP contribution in [0, 0.1) is 16.2 Å². The molecule has 4 unspecified atom stereocenters. The predicted octanol–water partition coefficient (Wildman–Crippen LogP) is 3.57. The Morgan fingerprint density at radius 2 is 1.69 bits per heavy atom. The average Bonchev–Trinajstić information content (AvgIpc) is 3.04. The third-order valence-corrected chi connectivity index (χ3v) is 7.22. The smallest absolute Gasteiger partial charge is 0.315 e. The van der Waals surface area contributed by atoms with Gasteiger partial charge in [-0.3, -0.25) is 9.69 Å². The summed E-state index contributed by atoms with van der Waals surface area (Å²) in [6, 6.07) is -0.869. The molecule has 7 nitrogen and oxygen atoms in total. The zero-order valence-corrected chi connectivity index (χ0v) is 21.9. The topological polar surface area (TPSA) is 84.9 Å². The lowest BCUT2D eigenvalue weighted by atomic mass is 9.80. The van der Waals surface area contributed by atoms with Crippen LogP contribution >= 0.6 is 0 Å². The van der Waals surface area contributed by atoms with Crippen molar-refractivity contribution < 1.29 is 14.7 Å². The maximum Gasteiger partial charge on any atom is 0.315 e. The van der Waals surface area contributed by atoms with Crippen molar-refractivity contribution in [1.82, 2.24) is 20.4 Å². The summed E-state index contributed by atoms with van der Waals surface area (Å²) >= 11 is 0. The van der Waals surface area contributed by atoms with E-state index in [1.807, 2.05) is 25.7 Å². The molecule has 0 aromatic rings. The standard InChI is InChI=1S/C25H48N4O3/c1-17-11-10-13-29(17)21(31)20(24(5,6)7)27-22(32)26-18(23(2,3)4)16-28-14-12-25(8,9)15-19(28)30/h17-20,30H,10-16H2,1-9H3,(H2,26,27,32). The summed E-state index contributed by atoms with van der Waals surface area (Å²) < 4.78 is 0. The summed E-state index contributed by atoms with van der Waals surface area (Å²) in [4.78, 5) is 30.4. The highest BCUT2D eigenvalue weighted by molar-refractivity contribution is 5.88. The molecule has 4 atom stereocenters. The molecule has 0 bridgehead atoms. The molecule has 2 fully saturated rings. The van der Waals surface area contributed by atoms with Crippen LogP contribution in [-0.4, -0.2) is 70.8 Å². The Kier molecular flexibility index (Phi) is 8.31. The van der Waals surface area contributed by atoms with Crippen molar-refractivity contribution in [2.45, 2.75) is 112 Å². The fourth-order valence-corrected chi connectivity index (χ4v) is 4.71. The van der Waals surface area contributed by atoms with Crippen LogP contribution in [0.5, 0.6) is 0 Å². The van der Waals surface area contributed by atoms with E-state index >= 15 is 0 Å². The van der Waals surface area contributed by atoms with Crippen LogP contribution < -0.4 is 10.6 Å². The van der Waals surface area contributed by atoms with Crippen LogP contribution in [0.25, 0.3) is 0 Å². The minimum absolute atomic E-state index is 0.00126.